The van der Waals surface area contributed by atoms with E-state index in [0.29, 0.717) is 6.04 Å². The number of anilines is 1. The molecule has 1 aromatic heterocycles. The van der Waals surface area contributed by atoms with Crippen molar-refractivity contribution < 1.29 is 0 Å². The first-order chi connectivity index (χ1) is 11.2. The number of benzene rings is 1. The molecule has 138 valence electrons. The first-order valence-electron chi connectivity index (χ1n) is 8.62. The minimum absolute atomic E-state index is 0. The van der Waals surface area contributed by atoms with E-state index in [4.69, 9.17) is 0 Å². The van der Waals surface area contributed by atoms with Crippen LogP contribution < -0.4 is 10.2 Å². The summed E-state index contributed by atoms with van der Waals surface area (Å²) in [7, 11) is 4.18. The first-order valence-corrected chi connectivity index (χ1v) is 8.62. The SMILES string of the molecule is CNC1CCN(c2nnc(C3(c4ccccc4)CC3)n2C)CC1.Cl.Cl. The molecule has 7 heteroatoms. The van der Waals surface area contributed by atoms with Crippen LogP contribution in [0.4, 0.5) is 5.95 Å². The smallest absolute Gasteiger partial charge is 0.226 e. The highest BCUT2D eigenvalue weighted by atomic mass is 35.5. The van der Waals surface area contributed by atoms with Crippen molar-refractivity contribution in [2.75, 3.05) is 25.0 Å². The molecule has 2 heterocycles. The van der Waals surface area contributed by atoms with E-state index in [2.05, 4.69) is 69.4 Å². The minimum Gasteiger partial charge on any atom is -0.341 e. The summed E-state index contributed by atoms with van der Waals surface area (Å²) >= 11 is 0. The van der Waals surface area contributed by atoms with E-state index >= 15 is 0 Å². The van der Waals surface area contributed by atoms with Gasteiger partial charge in [0.1, 0.15) is 5.82 Å². The Kier molecular flexibility index (Phi) is 6.35. The Morgan fingerprint density at radius 2 is 1.68 bits per heavy atom. The summed E-state index contributed by atoms with van der Waals surface area (Å²) in [6.45, 7) is 2.10. The summed E-state index contributed by atoms with van der Waals surface area (Å²) in [6, 6.07) is 11.4. The lowest BCUT2D eigenvalue weighted by Gasteiger charge is -2.32. The lowest BCUT2D eigenvalue weighted by Crippen LogP contribution is -2.42. The van der Waals surface area contributed by atoms with Gasteiger partial charge in [-0.15, -0.1) is 35.0 Å². The molecule has 1 saturated carbocycles. The van der Waals surface area contributed by atoms with E-state index in [0.717, 1.165) is 24.9 Å². The molecule has 2 aliphatic rings. The van der Waals surface area contributed by atoms with Crippen molar-refractivity contribution in [3.63, 3.8) is 0 Å². The van der Waals surface area contributed by atoms with Crippen LogP contribution in [0.25, 0.3) is 0 Å². The van der Waals surface area contributed by atoms with Gasteiger partial charge in [0.2, 0.25) is 5.95 Å². The monoisotopic (exact) mass is 383 g/mol. The molecule has 1 saturated heterocycles. The summed E-state index contributed by atoms with van der Waals surface area (Å²) in [6.07, 6.45) is 4.68. The highest BCUT2D eigenvalue weighted by molar-refractivity contribution is 5.85. The van der Waals surface area contributed by atoms with Crippen LogP contribution in [0.3, 0.4) is 0 Å². The predicted molar refractivity (Wildman–Crippen MR) is 106 cm³/mol. The van der Waals surface area contributed by atoms with E-state index < -0.39 is 0 Å². The molecule has 2 aromatic rings. The Balaban J connectivity index is 0.00000113. The summed E-state index contributed by atoms with van der Waals surface area (Å²) in [4.78, 5) is 2.38. The van der Waals surface area contributed by atoms with Crippen molar-refractivity contribution in [3.8, 4) is 0 Å². The normalized spacial score (nSPS) is 19.0. The van der Waals surface area contributed by atoms with Crippen LogP contribution in [0, 0.1) is 0 Å². The molecule has 0 bridgehead atoms. The fourth-order valence-corrected chi connectivity index (χ4v) is 3.90. The van der Waals surface area contributed by atoms with Gasteiger partial charge in [-0.1, -0.05) is 30.3 Å². The Labute approximate surface area is 162 Å². The third-order valence-electron chi connectivity index (χ3n) is 5.54. The Hall–Kier alpha value is -1.30. The molecule has 2 fully saturated rings. The Morgan fingerprint density at radius 1 is 1.04 bits per heavy atom. The van der Waals surface area contributed by atoms with Crippen molar-refractivity contribution in [1.82, 2.24) is 20.1 Å². The number of hydrogen-bond donors (Lipinski definition) is 1. The zero-order chi connectivity index (χ0) is 15.9. The van der Waals surface area contributed by atoms with Gasteiger partial charge in [0.15, 0.2) is 0 Å². The maximum atomic E-state index is 4.60. The maximum absolute atomic E-state index is 4.60. The fourth-order valence-electron chi connectivity index (χ4n) is 3.90. The average molecular weight is 384 g/mol. The molecular formula is C18H27Cl2N5. The maximum Gasteiger partial charge on any atom is 0.226 e. The summed E-state index contributed by atoms with van der Waals surface area (Å²) in [5.41, 5.74) is 1.46. The van der Waals surface area contributed by atoms with Crippen LogP contribution >= 0.6 is 24.8 Å². The second-order valence-corrected chi connectivity index (χ2v) is 6.88. The van der Waals surface area contributed by atoms with Gasteiger partial charge in [-0.25, -0.2) is 0 Å². The summed E-state index contributed by atoms with van der Waals surface area (Å²) < 4.78 is 2.22. The van der Waals surface area contributed by atoms with Crippen molar-refractivity contribution in [1.29, 1.82) is 0 Å². The van der Waals surface area contributed by atoms with Crippen LogP contribution in [0.5, 0.6) is 0 Å². The lowest BCUT2D eigenvalue weighted by molar-refractivity contribution is 0.436. The second kappa shape index (κ2) is 7.94. The number of halogens is 2. The number of piperidine rings is 1. The molecule has 0 atom stereocenters. The first kappa shape index (κ1) is 20.0. The van der Waals surface area contributed by atoms with Gasteiger partial charge in [-0.2, -0.15) is 0 Å². The standard InChI is InChI=1S/C18H25N5.2ClH/c1-19-15-8-12-23(13-9-15)17-21-20-16(22(17)2)18(10-11-18)14-6-4-3-5-7-14;;/h3-7,15,19H,8-13H2,1-2H3;2*1H. The number of hydrogen-bond acceptors (Lipinski definition) is 4. The van der Waals surface area contributed by atoms with Crippen LogP contribution in [-0.4, -0.2) is 40.9 Å². The molecule has 0 unspecified atom stereocenters. The van der Waals surface area contributed by atoms with E-state index in [1.54, 1.807) is 0 Å². The summed E-state index contributed by atoms with van der Waals surface area (Å²) in [5.74, 6) is 2.14. The number of nitrogens with zero attached hydrogens (tertiary/aromatic N) is 4. The van der Waals surface area contributed by atoms with Crippen LogP contribution in [-0.2, 0) is 12.5 Å². The van der Waals surface area contributed by atoms with Crippen molar-refractivity contribution in [3.05, 3.63) is 41.7 Å². The van der Waals surface area contributed by atoms with Gasteiger partial charge in [0.05, 0.1) is 5.41 Å². The van der Waals surface area contributed by atoms with Gasteiger partial charge in [0.25, 0.3) is 0 Å². The second-order valence-electron chi connectivity index (χ2n) is 6.88. The average Bonchev–Trinajstić information content (AvgIpc) is 3.33. The van der Waals surface area contributed by atoms with Crippen molar-refractivity contribution >= 4 is 30.8 Å². The van der Waals surface area contributed by atoms with Crippen LogP contribution in [0.1, 0.15) is 37.1 Å². The van der Waals surface area contributed by atoms with E-state index in [-0.39, 0.29) is 30.2 Å². The molecule has 1 aliphatic carbocycles. The van der Waals surface area contributed by atoms with Gasteiger partial charge in [-0.05, 0) is 38.3 Å². The molecule has 4 rings (SSSR count). The van der Waals surface area contributed by atoms with Crippen LogP contribution in [0.2, 0.25) is 0 Å². The highest BCUT2D eigenvalue weighted by Gasteiger charge is 2.50. The van der Waals surface area contributed by atoms with Gasteiger partial charge < -0.3 is 10.2 Å². The number of rotatable bonds is 4. The van der Waals surface area contributed by atoms with Gasteiger partial charge in [0, 0.05) is 26.2 Å². The third-order valence-corrected chi connectivity index (χ3v) is 5.54. The molecule has 0 amide bonds. The molecule has 1 aliphatic heterocycles. The van der Waals surface area contributed by atoms with Crippen LogP contribution in [0.15, 0.2) is 30.3 Å². The third kappa shape index (κ3) is 3.50. The van der Waals surface area contributed by atoms with Gasteiger partial charge >= 0.3 is 0 Å². The molecular weight excluding hydrogens is 357 g/mol. The molecule has 1 N–H and O–H groups in total. The van der Waals surface area contributed by atoms with E-state index in [1.165, 1.54) is 31.2 Å². The zero-order valence-electron chi connectivity index (χ0n) is 14.8. The fraction of sp³-hybridized carbons (Fsp3) is 0.556. The topological polar surface area (TPSA) is 46.0 Å². The van der Waals surface area contributed by atoms with Crippen molar-refractivity contribution in [2.45, 2.75) is 37.1 Å². The molecule has 5 nitrogen and oxygen atoms in total. The highest BCUT2D eigenvalue weighted by Crippen LogP contribution is 2.52. The lowest BCUT2D eigenvalue weighted by atomic mass is 9.95. The molecule has 0 spiro atoms. The number of nitrogens with one attached hydrogen (secondary N) is 1. The van der Waals surface area contributed by atoms with Gasteiger partial charge in [-0.3, -0.25) is 4.57 Å². The Bertz CT molecular complexity index is 676. The van der Waals surface area contributed by atoms with Crippen molar-refractivity contribution in [2.24, 2.45) is 7.05 Å². The molecule has 0 radical (unpaired) electrons. The summed E-state index contributed by atoms with van der Waals surface area (Å²) in [5, 5.41) is 12.5. The van der Waals surface area contributed by atoms with E-state index in [9.17, 15) is 0 Å². The number of aromatic nitrogens is 3. The minimum atomic E-state index is 0. The molecule has 25 heavy (non-hydrogen) atoms. The Morgan fingerprint density at radius 3 is 2.24 bits per heavy atom. The predicted octanol–water partition coefficient (Wildman–Crippen LogP) is 2.93. The zero-order valence-corrected chi connectivity index (χ0v) is 16.4. The quantitative estimate of drug-likeness (QED) is 0.881. The van der Waals surface area contributed by atoms with E-state index in [1.807, 2.05) is 0 Å². The molecule has 1 aromatic carbocycles. The largest absolute Gasteiger partial charge is 0.341 e.